The Labute approximate surface area is 181 Å². The van der Waals surface area contributed by atoms with Gasteiger partial charge in [-0.05, 0) is 67.9 Å². The number of ketones is 1. The highest BCUT2D eigenvalue weighted by Gasteiger charge is 2.73. The Morgan fingerprint density at radius 2 is 1.79 bits per heavy atom. The molecule has 4 nitrogen and oxygen atoms in total. The number of benzene rings is 1. The first-order valence-electron chi connectivity index (χ1n) is 10.5. The fourth-order valence-corrected chi connectivity index (χ4v) is 7.46. The summed E-state index contributed by atoms with van der Waals surface area (Å²) in [6, 6.07) is 7.04. The quantitative estimate of drug-likeness (QED) is 0.461. The zero-order valence-electron chi connectivity index (χ0n) is 18.7. The second kappa shape index (κ2) is 7.36. The fourth-order valence-electron chi connectivity index (χ4n) is 5.68. The number of Topliss-reactive ketones (excluding diaryl/α,β-unsaturated/α-hetero) is 1. The van der Waals surface area contributed by atoms with Crippen molar-refractivity contribution in [2.75, 3.05) is 7.11 Å². The number of aliphatic hydroxyl groups excluding tert-OH is 1. The molecule has 5 atom stereocenters. The molecule has 0 heterocycles. The number of carbonyl (C=O) groups is 1. The van der Waals surface area contributed by atoms with Gasteiger partial charge in [0.1, 0.15) is 22.8 Å². The molecule has 0 aromatic heterocycles. The third-order valence-corrected chi connectivity index (χ3v) is 9.12. The first-order chi connectivity index (χ1) is 13.3. The molecule has 1 N–H and O–H groups in total. The summed E-state index contributed by atoms with van der Waals surface area (Å²) in [5.41, 5.74) is -0.641. The lowest BCUT2D eigenvalue weighted by atomic mass is 9.62. The maximum atomic E-state index is 13.9. The van der Waals surface area contributed by atoms with Gasteiger partial charge in [0, 0.05) is 5.41 Å². The SMILES string of the molecule is COc1ccc([C@H](O)[C@@H](Cl)C(=O)[C@@]2(O[Si](C)(C)C)C[C@H]3CC[C@]2(C)C3(C)C)cc1. The molecule has 2 saturated carbocycles. The van der Waals surface area contributed by atoms with Crippen molar-refractivity contribution in [1.29, 1.82) is 0 Å². The Hall–Kier alpha value is -0.883. The van der Waals surface area contributed by atoms with E-state index in [0.717, 1.165) is 12.8 Å². The van der Waals surface area contributed by atoms with Gasteiger partial charge in [0.15, 0.2) is 14.1 Å². The molecule has 162 valence electrons. The molecule has 0 aliphatic heterocycles. The number of aliphatic hydroxyl groups is 1. The van der Waals surface area contributed by atoms with Crippen LogP contribution in [0, 0.1) is 16.7 Å². The van der Waals surface area contributed by atoms with Gasteiger partial charge in [-0.25, -0.2) is 0 Å². The lowest BCUT2D eigenvalue weighted by Crippen LogP contribution is -2.61. The summed E-state index contributed by atoms with van der Waals surface area (Å²) >= 11 is 6.69. The Kier molecular flexibility index (Phi) is 5.79. The van der Waals surface area contributed by atoms with Gasteiger partial charge in [-0.1, -0.05) is 32.9 Å². The first kappa shape index (κ1) is 22.8. The predicted octanol–water partition coefficient (Wildman–Crippen LogP) is 5.34. The molecule has 0 spiro atoms. The number of fused-ring (bicyclic) bond motifs is 2. The van der Waals surface area contributed by atoms with Crippen LogP contribution < -0.4 is 4.74 Å². The number of alkyl halides is 1. The average Bonchev–Trinajstić information content (AvgIpc) is 2.97. The summed E-state index contributed by atoms with van der Waals surface area (Å²) in [5.74, 6) is 0.955. The highest BCUT2D eigenvalue weighted by molar-refractivity contribution is 6.70. The molecule has 2 aliphatic rings. The smallest absolute Gasteiger partial charge is 0.185 e. The predicted molar refractivity (Wildman–Crippen MR) is 119 cm³/mol. The number of ether oxygens (including phenoxy) is 1. The van der Waals surface area contributed by atoms with Crippen LogP contribution in [0.2, 0.25) is 19.6 Å². The van der Waals surface area contributed by atoms with Crippen LogP contribution in [0.4, 0.5) is 0 Å². The van der Waals surface area contributed by atoms with Crippen molar-refractivity contribution in [3.05, 3.63) is 29.8 Å². The highest BCUT2D eigenvalue weighted by atomic mass is 35.5. The molecule has 0 amide bonds. The lowest BCUT2D eigenvalue weighted by Gasteiger charge is -2.51. The molecule has 1 aromatic carbocycles. The van der Waals surface area contributed by atoms with Crippen LogP contribution in [-0.4, -0.2) is 37.3 Å². The van der Waals surface area contributed by atoms with Crippen LogP contribution in [0.15, 0.2) is 24.3 Å². The molecule has 2 aliphatic carbocycles. The van der Waals surface area contributed by atoms with Crippen LogP contribution in [0.25, 0.3) is 0 Å². The van der Waals surface area contributed by atoms with Gasteiger partial charge < -0.3 is 14.3 Å². The summed E-state index contributed by atoms with van der Waals surface area (Å²) in [5, 5.41) is 9.88. The second-order valence-corrected chi connectivity index (χ2v) is 15.4. The van der Waals surface area contributed by atoms with Crippen LogP contribution in [-0.2, 0) is 9.22 Å². The van der Waals surface area contributed by atoms with E-state index in [2.05, 4.69) is 40.4 Å². The molecule has 2 fully saturated rings. The average molecular weight is 439 g/mol. The van der Waals surface area contributed by atoms with Crippen molar-refractivity contribution in [2.24, 2.45) is 16.7 Å². The van der Waals surface area contributed by atoms with Crippen LogP contribution >= 0.6 is 11.6 Å². The fraction of sp³-hybridized carbons (Fsp3) is 0.696. The summed E-state index contributed by atoms with van der Waals surface area (Å²) in [4.78, 5) is 13.9. The van der Waals surface area contributed by atoms with Crippen molar-refractivity contribution >= 4 is 25.7 Å². The summed E-state index contributed by atoms with van der Waals surface area (Å²) in [6.45, 7) is 13.1. The molecule has 0 radical (unpaired) electrons. The van der Waals surface area contributed by atoms with E-state index in [1.165, 1.54) is 0 Å². The Morgan fingerprint density at radius 3 is 2.21 bits per heavy atom. The van der Waals surface area contributed by atoms with E-state index < -0.39 is 25.4 Å². The molecule has 1 aromatic rings. The van der Waals surface area contributed by atoms with E-state index in [9.17, 15) is 9.90 Å². The van der Waals surface area contributed by atoms with Crippen molar-refractivity contribution in [3.8, 4) is 5.75 Å². The minimum Gasteiger partial charge on any atom is -0.497 e. The third kappa shape index (κ3) is 3.48. The van der Waals surface area contributed by atoms with Gasteiger partial charge in [0.2, 0.25) is 0 Å². The molecule has 3 rings (SSSR count). The molecule has 2 bridgehead atoms. The van der Waals surface area contributed by atoms with E-state index in [0.29, 0.717) is 23.7 Å². The largest absolute Gasteiger partial charge is 0.497 e. The van der Waals surface area contributed by atoms with E-state index in [-0.39, 0.29) is 16.6 Å². The molecule has 0 unspecified atom stereocenters. The number of rotatable bonds is 7. The minimum absolute atomic E-state index is 0.00994. The van der Waals surface area contributed by atoms with Crippen LogP contribution in [0.3, 0.4) is 0 Å². The van der Waals surface area contributed by atoms with Gasteiger partial charge in [-0.15, -0.1) is 11.6 Å². The van der Waals surface area contributed by atoms with Crippen molar-refractivity contribution in [1.82, 2.24) is 0 Å². The third-order valence-electron chi connectivity index (χ3n) is 7.72. The van der Waals surface area contributed by atoms with E-state index >= 15 is 0 Å². The lowest BCUT2D eigenvalue weighted by molar-refractivity contribution is -0.153. The molecular formula is C23H35ClO4Si. The molecule has 29 heavy (non-hydrogen) atoms. The normalized spacial score (nSPS) is 32.8. The summed E-state index contributed by atoms with van der Waals surface area (Å²) in [6.07, 6.45) is 1.66. The zero-order chi connectivity index (χ0) is 21.8. The van der Waals surface area contributed by atoms with Crippen molar-refractivity contribution in [2.45, 2.75) is 76.8 Å². The highest BCUT2D eigenvalue weighted by Crippen LogP contribution is 2.71. The molecular weight excluding hydrogens is 404 g/mol. The van der Waals surface area contributed by atoms with Gasteiger partial charge >= 0.3 is 0 Å². The van der Waals surface area contributed by atoms with Crippen molar-refractivity contribution in [3.63, 3.8) is 0 Å². The van der Waals surface area contributed by atoms with Crippen LogP contribution in [0.5, 0.6) is 5.75 Å². The monoisotopic (exact) mass is 438 g/mol. The van der Waals surface area contributed by atoms with E-state index in [1.807, 2.05) is 0 Å². The maximum absolute atomic E-state index is 13.9. The Balaban J connectivity index is 1.97. The van der Waals surface area contributed by atoms with Crippen molar-refractivity contribution < 1.29 is 19.1 Å². The minimum atomic E-state index is -2.05. The Bertz CT molecular complexity index is 772. The van der Waals surface area contributed by atoms with Crippen LogP contribution in [0.1, 0.15) is 51.7 Å². The van der Waals surface area contributed by atoms with Gasteiger partial charge in [-0.3, -0.25) is 4.79 Å². The van der Waals surface area contributed by atoms with E-state index in [1.54, 1.807) is 31.4 Å². The number of halogens is 1. The van der Waals surface area contributed by atoms with E-state index in [4.69, 9.17) is 20.8 Å². The summed E-state index contributed by atoms with van der Waals surface area (Å²) in [7, 11) is -0.463. The zero-order valence-corrected chi connectivity index (χ0v) is 20.5. The van der Waals surface area contributed by atoms with Gasteiger partial charge in [0.25, 0.3) is 0 Å². The molecule has 0 saturated heterocycles. The number of hydrogen-bond donors (Lipinski definition) is 1. The first-order valence-corrected chi connectivity index (χ1v) is 14.3. The molecule has 6 heteroatoms. The van der Waals surface area contributed by atoms with Gasteiger partial charge in [0.05, 0.1) is 7.11 Å². The standard InChI is InChI=1S/C23H35ClO4Si/c1-21(2)16-12-13-22(21,3)23(14-16,28-29(5,6)7)20(26)18(24)19(25)15-8-10-17(27-4)11-9-15/h8-11,16,18-19,25H,12-14H2,1-7H3/t16-,18-,19+,22-,23+/m1/s1. The number of hydrogen-bond acceptors (Lipinski definition) is 4. The van der Waals surface area contributed by atoms with Gasteiger partial charge in [-0.2, -0.15) is 0 Å². The second-order valence-electron chi connectivity index (χ2n) is 10.5. The maximum Gasteiger partial charge on any atom is 0.185 e. The topological polar surface area (TPSA) is 55.8 Å². The number of carbonyl (C=O) groups excluding carboxylic acids is 1. The summed E-state index contributed by atoms with van der Waals surface area (Å²) < 4.78 is 11.9. The number of methoxy groups -OCH3 is 1. The Morgan fingerprint density at radius 1 is 1.21 bits per heavy atom.